The van der Waals surface area contributed by atoms with Gasteiger partial charge in [-0.25, -0.2) is 4.39 Å². The van der Waals surface area contributed by atoms with Crippen LogP contribution in [0, 0.1) is 5.82 Å². The number of halogens is 1. The second-order valence-electron chi connectivity index (χ2n) is 4.20. The lowest BCUT2D eigenvalue weighted by atomic mass is 10.1. The number of hydrogen-bond donors (Lipinski definition) is 2. The van der Waals surface area contributed by atoms with Crippen molar-refractivity contribution in [1.29, 1.82) is 0 Å². The molecule has 0 amide bonds. The molecule has 1 atom stereocenters. The van der Waals surface area contributed by atoms with Gasteiger partial charge < -0.3 is 15.2 Å². The Balaban J connectivity index is 2.04. The summed E-state index contributed by atoms with van der Waals surface area (Å²) in [5, 5.41) is 12.7. The van der Waals surface area contributed by atoms with Crippen LogP contribution >= 0.6 is 0 Å². The van der Waals surface area contributed by atoms with Gasteiger partial charge in [-0.05, 0) is 49.0 Å². The van der Waals surface area contributed by atoms with Gasteiger partial charge >= 0.3 is 0 Å². The van der Waals surface area contributed by atoms with Crippen molar-refractivity contribution in [2.24, 2.45) is 0 Å². The normalized spacial score (nSPS) is 12.2. The van der Waals surface area contributed by atoms with Gasteiger partial charge in [-0.2, -0.15) is 0 Å². The summed E-state index contributed by atoms with van der Waals surface area (Å²) in [6, 6.07) is 13.0. The highest BCUT2D eigenvalue weighted by atomic mass is 19.1. The molecule has 0 spiro atoms. The topological polar surface area (TPSA) is 41.5 Å². The average molecular weight is 261 g/mol. The molecule has 1 unspecified atom stereocenters. The third-order valence-electron chi connectivity index (χ3n) is 2.71. The molecule has 3 nitrogen and oxygen atoms in total. The molecule has 0 aliphatic rings. The van der Waals surface area contributed by atoms with Gasteiger partial charge in [0, 0.05) is 6.54 Å². The van der Waals surface area contributed by atoms with E-state index in [-0.39, 0.29) is 5.82 Å². The van der Waals surface area contributed by atoms with E-state index in [1.54, 1.807) is 43.4 Å². The molecular weight excluding hydrogens is 245 g/mol. The van der Waals surface area contributed by atoms with Crippen LogP contribution in [0.4, 0.5) is 4.39 Å². The SMILES string of the molecule is CNCC(O)c1ccc(Oc2ccc(F)cc2)cc1. The third kappa shape index (κ3) is 3.77. The predicted octanol–water partition coefficient (Wildman–Crippen LogP) is 2.87. The van der Waals surface area contributed by atoms with E-state index >= 15 is 0 Å². The molecule has 0 saturated carbocycles. The molecule has 4 heteroatoms. The maximum absolute atomic E-state index is 12.8. The summed E-state index contributed by atoms with van der Waals surface area (Å²) in [4.78, 5) is 0. The molecule has 0 fully saturated rings. The summed E-state index contributed by atoms with van der Waals surface area (Å²) in [5.41, 5.74) is 0.820. The summed E-state index contributed by atoms with van der Waals surface area (Å²) < 4.78 is 18.3. The number of rotatable bonds is 5. The summed E-state index contributed by atoms with van der Waals surface area (Å²) in [6.07, 6.45) is -0.537. The van der Waals surface area contributed by atoms with Gasteiger partial charge in [-0.3, -0.25) is 0 Å². The Morgan fingerprint density at radius 2 is 1.58 bits per heavy atom. The van der Waals surface area contributed by atoms with Crippen LogP contribution in [0.15, 0.2) is 48.5 Å². The molecule has 0 bridgehead atoms. The number of aliphatic hydroxyl groups is 1. The zero-order chi connectivity index (χ0) is 13.7. The smallest absolute Gasteiger partial charge is 0.127 e. The van der Waals surface area contributed by atoms with E-state index < -0.39 is 6.10 Å². The van der Waals surface area contributed by atoms with E-state index in [9.17, 15) is 9.50 Å². The first-order valence-electron chi connectivity index (χ1n) is 6.05. The second-order valence-corrected chi connectivity index (χ2v) is 4.20. The van der Waals surface area contributed by atoms with E-state index in [1.165, 1.54) is 12.1 Å². The van der Waals surface area contributed by atoms with E-state index in [0.29, 0.717) is 18.0 Å². The van der Waals surface area contributed by atoms with Gasteiger partial charge in [0.2, 0.25) is 0 Å². The maximum Gasteiger partial charge on any atom is 0.127 e. The first-order chi connectivity index (χ1) is 9.19. The fourth-order valence-electron chi connectivity index (χ4n) is 1.71. The van der Waals surface area contributed by atoms with E-state index in [4.69, 9.17) is 4.74 Å². The Kier molecular flexibility index (Phi) is 4.49. The number of likely N-dealkylation sites (N-methyl/N-ethyl adjacent to an activating group) is 1. The fraction of sp³-hybridized carbons (Fsp3) is 0.200. The lowest BCUT2D eigenvalue weighted by Crippen LogP contribution is -2.16. The standard InChI is InChI=1S/C15H16FNO2/c1-17-10-15(18)11-2-6-13(7-3-11)19-14-8-4-12(16)5-9-14/h2-9,15,17-18H,10H2,1H3. The first-order valence-corrected chi connectivity index (χ1v) is 6.05. The van der Waals surface area contributed by atoms with Crippen LogP contribution in [0.5, 0.6) is 11.5 Å². The molecule has 0 aliphatic heterocycles. The van der Waals surface area contributed by atoms with Gasteiger partial charge in [0.05, 0.1) is 6.10 Å². The lowest BCUT2D eigenvalue weighted by molar-refractivity contribution is 0.177. The molecule has 2 N–H and O–H groups in total. The molecule has 0 aromatic heterocycles. The third-order valence-corrected chi connectivity index (χ3v) is 2.71. The van der Waals surface area contributed by atoms with E-state index in [1.807, 2.05) is 0 Å². The molecule has 0 heterocycles. The Labute approximate surface area is 111 Å². The van der Waals surface area contributed by atoms with Gasteiger partial charge in [0.15, 0.2) is 0 Å². The van der Waals surface area contributed by atoms with Crippen molar-refractivity contribution in [2.45, 2.75) is 6.10 Å². The Bertz CT molecular complexity index is 511. The molecule has 0 radical (unpaired) electrons. The number of benzene rings is 2. The van der Waals surface area contributed by atoms with E-state index in [2.05, 4.69) is 5.32 Å². The van der Waals surface area contributed by atoms with Gasteiger partial charge in [0.1, 0.15) is 17.3 Å². The first kappa shape index (κ1) is 13.5. The van der Waals surface area contributed by atoms with Crippen molar-refractivity contribution >= 4 is 0 Å². The predicted molar refractivity (Wildman–Crippen MR) is 71.8 cm³/mol. The molecule has 19 heavy (non-hydrogen) atoms. The molecule has 2 aromatic carbocycles. The van der Waals surface area contributed by atoms with Crippen molar-refractivity contribution in [3.63, 3.8) is 0 Å². The van der Waals surface area contributed by atoms with Crippen LogP contribution in [0.3, 0.4) is 0 Å². The van der Waals surface area contributed by atoms with Crippen LogP contribution in [-0.2, 0) is 0 Å². The van der Waals surface area contributed by atoms with Crippen molar-refractivity contribution < 1.29 is 14.2 Å². The second kappa shape index (κ2) is 6.31. The van der Waals surface area contributed by atoms with Crippen LogP contribution in [0.25, 0.3) is 0 Å². The minimum atomic E-state index is -0.537. The summed E-state index contributed by atoms with van der Waals surface area (Å²) >= 11 is 0. The molecule has 0 aliphatic carbocycles. The Morgan fingerprint density at radius 1 is 1.05 bits per heavy atom. The number of nitrogens with one attached hydrogen (secondary N) is 1. The van der Waals surface area contributed by atoms with Crippen LogP contribution in [-0.4, -0.2) is 18.7 Å². The minimum Gasteiger partial charge on any atom is -0.457 e. The summed E-state index contributed by atoms with van der Waals surface area (Å²) in [5.74, 6) is 0.926. The van der Waals surface area contributed by atoms with Gasteiger partial charge in [0.25, 0.3) is 0 Å². The van der Waals surface area contributed by atoms with Crippen molar-refractivity contribution in [3.8, 4) is 11.5 Å². The maximum atomic E-state index is 12.8. The Hall–Kier alpha value is -1.91. The largest absolute Gasteiger partial charge is 0.457 e. The molecular formula is C15H16FNO2. The summed E-state index contributed by atoms with van der Waals surface area (Å²) in [6.45, 7) is 0.498. The van der Waals surface area contributed by atoms with Gasteiger partial charge in [-0.1, -0.05) is 12.1 Å². The monoisotopic (exact) mass is 261 g/mol. The highest BCUT2D eigenvalue weighted by Gasteiger charge is 2.06. The van der Waals surface area contributed by atoms with Gasteiger partial charge in [-0.15, -0.1) is 0 Å². The number of hydrogen-bond acceptors (Lipinski definition) is 3. The zero-order valence-corrected chi connectivity index (χ0v) is 10.6. The molecule has 0 saturated heterocycles. The lowest BCUT2D eigenvalue weighted by Gasteiger charge is -2.11. The van der Waals surface area contributed by atoms with Crippen LogP contribution in [0.2, 0.25) is 0 Å². The zero-order valence-electron chi connectivity index (χ0n) is 10.6. The highest BCUT2D eigenvalue weighted by Crippen LogP contribution is 2.23. The van der Waals surface area contributed by atoms with E-state index in [0.717, 1.165) is 5.56 Å². The molecule has 2 aromatic rings. The van der Waals surface area contributed by atoms with Crippen molar-refractivity contribution in [1.82, 2.24) is 5.32 Å². The Morgan fingerprint density at radius 3 is 2.11 bits per heavy atom. The fourth-order valence-corrected chi connectivity index (χ4v) is 1.71. The molecule has 100 valence electrons. The highest BCUT2D eigenvalue weighted by molar-refractivity contribution is 5.33. The van der Waals surface area contributed by atoms with Crippen molar-refractivity contribution in [2.75, 3.05) is 13.6 Å². The van der Waals surface area contributed by atoms with Crippen LogP contribution < -0.4 is 10.1 Å². The van der Waals surface area contributed by atoms with Crippen LogP contribution in [0.1, 0.15) is 11.7 Å². The molecule has 2 rings (SSSR count). The average Bonchev–Trinajstić information content (AvgIpc) is 2.42. The number of ether oxygens (including phenoxy) is 1. The number of aliphatic hydroxyl groups excluding tert-OH is 1. The minimum absolute atomic E-state index is 0.294. The quantitative estimate of drug-likeness (QED) is 0.869. The van der Waals surface area contributed by atoms with Crippen molar-refractivity contribution in [3.05, 3.63) is 59.9 Å². The summed E-state index contributed by atoms with van der Waals surface area (Å²) in [7, 11) is 1.79.